The van der Waals surface area contributed by atoms with Crippen LogP contribution in [0.25, 0.3) is 11.0 Å². The monoisotopic (exact) mass is 328 g/mol. The van der Waals surface area contributed by atoms with Crippen LogP contribution in [0, 0.1) is 11.8 Å². The first-order chi connectivity index (χ1) is 9.69. The lowest BCUT2D eigenvalue weighted by atomic mass is 9.95. The fraction of sp³-hybridized carbons (Fsp3) is 0.429. The fourth-order valence-corrected chi connectivity index (χ4v) is 3.15. The molecule has 0 aliphatic heterocycles. The van der Waals surface area contributed by atoms with E-state index in [1.54, 1.807) is 6.07 Å². The number of rotatable bonds is 3. The van der Waals surface area contributed by atoms with Gasteiger partial charge >= 0.3 is 0 Å². The quantitative estimate of drug-likeness (QED) is 0.809. The van der Waals surface area contributed by atoms with Crippen molar-refractivity contribution >= 4 is 46.9 Å². The van der Waals surface area contributed by atoms with Crippen LogP contribution in [0.5, 0.6) is 0 Å². The van der Waals surface area contributed by atoms with E-state index in [1.165, 1.54) is 0 Å². The number of para-hydroxylation sites is 1. The second kappa shape index (κ2) is 6.64. The number of amides is 1. The molecule has 1 fully saturated rings. The number of aromatic amines is 1. The lowest BCUT2D eigenvalue weighted by molar-refractivity contribution is -0.120. The molecule has 2 atom stereocenters. The highest BCUT2D eigenvalue weighted by atomic mass is 35.5. The van der Waals surface area contributed by atoms with E-state index < -0.39 is 0 Å². The summed E-state index contributed by atoms with van der Waals surface area (Å²) in [6.45, 7) is 0.560. The molecule has 0 radical (unpaired) electrons. The van der Waals surface area contributed by atoms with E-state index >= 15 is 0 Å². The zero-order valence-electron chi connectivity index (χ0n) is 11.4. The highest BCUT2D eigenvalue weighted by molar-refractivity contribution is 6.35. The molecule has 21 heavy (non-hydrogen) atoms. The number of H-pyrrole nitrogens is 1. The van der Waals surface area contributed by atoms with Crippen LogP contribution in [-0.2, 0) is 4.79 Å². The Morgan fingerprint density at radius 3 is 3.00 bits per heavy atom. The summed E-state index contributed by atoms with van der Waals surface area (Å²) in [7, 11) is 0. The number of nitrogens with zero attached hydrogens (tertiary/aromatic N) is 1. The van der Waals surface area contributed by atoms with E-state index in [0.29, 0.717) is 23.0 Å². The number of hydrogen-bond donors (Lipinski definition) is 3. The molecule has 0 unspecified atom stereocenters. The Bertz CT molecular complexity index is 643. The fourth-order valence-electron chi connectivity index (χ4n) is 2.93. The summed E-state index contributed by atoms with van der Waals surface area (Å²) in [5.74, 6) is 0.709. The van der Waals surface area contributed by atoms with Crippen LogP contribution in [0.2, 0.25) is 5.02 Å². The van der Waals surface area contributed by atoms with Crippen molar-refractivity contribution in [2.45, 2.75) is 19.3 Å². The predicted molar refractivity (Wildman–Crippen MR) is 86.9 cm³/mol. The van der Waals surface area contributed by atoms with Gasteiger partial charge in [0.15, 0.2) is 0 Å². The average Bonchev–Trinajstić information content (AvgIpc) is 3.04. The molecular formula is C14H18Cl2N4O. The first-order valence-electron chi connectivity index (χ1n) is 6.84. The summed E-state index contributed by atoms with van der Waals surface area (Å²) < 4.78 is 0. The zero-order chi connectivity index (χ0) is 14.1. The van der Waals surface area contributed by atoms with Gasteiger partial charge in [-0.05, 0) is 37.4 Å². The van der Waals surface area contributed by atoms with Crippen molar-refractivity contribution in [3.05, 3.63) is 23.2 Å². The molecule has 1 aliphatic rings. The van der Waals surface area contributed by atoms with Crippen molar-refractivity contribution in [2.24, 2.45) is 17.6 Å². The Morgan fingerprint density at radius 2 is 2.29 bits per heavy atom. The molecule has 0 saturated heterocycles. The molecule has 4 N–H and O–H groups in total. The molecule has 0 spiro atoms. The molecule has 1 amide bonds. The van der Waals surface area contributed by atoms with Gasteiger partial charge in [-0.15, -0.1) is 12.4 Å². The van der Waals surface area contributed by atoms with Gasteiger partial charge in [-0.2, -0.15) is 0 Å². The first kappa shape index (κ1) is 16.1. The van der Waals surface area contributed by atoms with Crippen LogP contribution in [0.15, 0.2) is 18.2 Å². The van der Waals surface area contributed by atoms with E-state index in [4.69, 9.17) is 17.3 Å². The highest BCUT2D eigenvalue weighted by Crippen LogP contribution is 2.32. The van der Waals surface area contributed by atoms with E-state index in [2.05, 4.69) is 15.3 Å². The third-order valence-electron chi connectivity index (χ3n) is 4.00. The van der Waals surface area contributed by atoms with Crippen molar-refractivity contribution in [1.29, 1.82) is 0 Å². The highest BCUT2D eigenvalue weighted by Gasteiger charge is 2.32. The predicted octanol–water partition coefficient (Wildman–Crippen LogP) is 2.95. The van der Waals surface area contributed by atoms with Crippen LogP contribution in [0.1, 0.15) is 19.3 Å². The number of aromatic nitrogens is 2. The summed E-state index contributed by atoms with van der Waals surface area (Å²) in [4.78, 5) is 19.7. The second-order valence-electron chi connectivity index (χ2n) is 5.24. The third kappa shape index (κ3) is 3.15. The van der Waals surface area contributed by atoms with Crippen molar-refractivity contribution in [1.82, 2.24) is 9.97 Å². The van der Waals surface area contributed by atoms with E-state index in [1.807, 2.05) is 12.1 Å². The van der Waals surface area contributed by atoms with E-state index in [0.717, 1.165) is 24.8 Å². The molecule has 1 heterocycles. The van der Waals surface area contributed by atoms with Crippen LogP contribution in [0.3, 0.4) is 0 Å². The van der Waals surface area contributed by atoms with Gasteiger partial charge in [-0.25, -0.2) is 4.98 Å². The van der Waals surface area contributed by atoms with Gasteiger partial charge in [0.25, 0.3) is 0 Å². The molecule has 5 nitrogen and oxygen atoms in total. The van der Waals surface area contributed by atoms with Gasteiger partial charge in [-0.1, -0.05) is 24.1 Å². The van der Waals surface area contributed by atoms with Gasteiger partial charge in [0, 0.05) is 5.92 Å². The van der Waals surface area contributed by atoms with Crippen molar-refractivity contribution < 1.29 is 4.79 Å². The van der Waals surface area contributed by atoms with Crippen molar-refractivity contribution in [3.8, 4) is 0 Å². The molecule has 1 aromatic heterocycles. The molecule has 1 aliphatic carbocycles. The Kier molecular flexibility index (Phi) is 5.08. The number of imidazole rings is 1. The summed E-state index contributed by atoms with van der Waals surface area (Å²) in [6.07, 6.45) is 2.99. The number of anilines is 1. The number of halogens is 2. The molecule has 1 aromatic carbocycles. The SMILES string of the molecule is Cl.NC[C@H]1CCC[C@H]1C(=O)Nc1nc2c(Cl)cccc2[nH]1. The zero-order valence-corrected chi connectivity index (χ0v) is 13.0. The minimum atomic E-state index is -0.0105. The van der Waals surface area contributed by atoms with E-state index in [9.17, 15) is 4.79 Å². The maximum Gasteiger partial charge on any atom is 0.230 e. The number of nitrogens with one attached hydrogen (secondary N) is 2. The lowest BCUT2D eigenvalue weighted by Crippen LogP contribution is -2.30. The lowest BCUT2D eigenvalue weighted by Gasteiger charge is -2.16. The standard InChI is InChI=1S/C14H17ClN4O.ClH/c15-10-5-2-6-11-12(10)18-14(17-11)19-13(20)9-4-1-3-8(9)7-16;/h2,5-6,8-9H,1,3-4,7,16H2,(H2,17,18,19,20);1H/t8-,9-;/m1./s1. The van der Waals surface area contributed by atoms with Crippen LogP contribution >= 0.6 is 24.0 Å². The number of carbonyl (C=O) groups is 1. The number of fused-ring (bicyclic) bond motifs is 1. The third-order valence-corrected chi connectivity index (χ3v) is 4.31. The van der Waals surface area contributed by atoms with Crippen LogP contribution in [-0.4, -0.2) is 22.4 Å². The molecule has 0 bridgehead atoms. The Hall–Kier alpha value is -1.30. The van der Waals surface area contributed by atoms with Crippen LogP contribution < -0.4 is 11.1 Å². The van der Waals surface area contributed by atoms with Gasteiger partial charge in [0.05, 0.1) is 10.5 Å². The molecular weight excluding hydrogens is 311 g/mol. The second-order valence-corrected chi connectivity index (χ2v) is 5.65. The minimum Gasteiger partial charge on any atom is -0.330 e. The smallest absolute Gasteiger partial charge is 0.230 e. The van der Waals surface area contributed by atoms with Gasteiger partial charge in [0.2, 0.25) is 11.9 Å². The van der Waals surface area contributed by atoms with Gasteiger partial charge in [0.1, 0.15) is 5.52 Å². The molecule has 1 saturated carbocycles. The molecule has 2 aromatic rings. The first-order valence-corrected chi connectivity index (χ1v) is 7.22. The topological polar surface area (TPSA) is 83.8 Å². The summed E-state index contributed by atoms with van der Waals surface area (Å²) in [5.41, 5.74) is 7.20. The number of hydrogen-bond acceptors (Lipinski definition) is 3. The minimum absolute atomic E-state index is 0. The van der Waals surface area contributed by atoms with Gasteiger partial charge in [-0.3, -0.25) is 10.1 Å². The van der Waals surface area contributed by atoms with E-state index in [-0.39, 0.29) is 30.2 Å². The molecule has 114 valence electrons. The summed E-state index contributed by atoms with van der Waals surface area (Å²) in [5, 5.41) is 3.41. The summed E-state index contributed by atoms with van der Waals surface area (Å²) >= 11 is 6.07. The normalized spacial score (nSPS) is 21.2. The Morgan fingerprint density at radius 1 is 1.48 bits per heavy atom. The van der Waals surface area contributed by atoms with Crippen molar-refractivity contribution in [2.75, 3.05) is 11.9 Å². The number of carbonyl (C=O) groups excluding carboxylic acids is 1. The summed E-state index contributed by atoms with van der Waals surface area (Å²) in [6, 6.07) is 5.50. The largest absolute Gasteiger partial charge is 0.330 e. The number of benzene rings is 1. The van der Waals surface area contributed by atoms with Crippen molar-refractivity contribution in [3.63, 3.8) is 0 Å². The van der Waals surface area contributed by atoms with Crippen LogP contribution in [0.4, 0.5) is 5.95 Å². The average molecular weight is 329 g/mol. The number of nitrogens with two attached hydrogens (primary N) is 1. The molecule has 3 rings (SSSR count). The molecule has 7 heteroatoms. The maximum absolute atomic E-state index is 12.3. The Labute approximate surface area is 134 Å². The maximum atomic E-state index is 12.3. The Balaban J connectivity index is 0.00000161. The van der Waals surface area contributed by atoms with Gasteiger partial charge < -0.3 is 10.7 Å².